The van der Waals surface area contributed by atoms with Crippen LogP contribution in [0.15, 0.2) is 54.1 Å². The summed E-state index contributed by atoms with van der Waals surface area (Å²) in [6, 6.07) is 10.1. The van der Waals surface area contributed by atoms with E-state index in [-0.39, 0.29) is 17.9 Å². The van der Waals surface area contributed by atoms with Crippen LogP contribution in [-0.4, -0.2) is 5.91 Å². The second kappa shape index (κ2) is 6.37. The van der Waals surface area contributed by atoms with Crippen LogP contribution in [-0.2, 0) is 4.79 Å². The van der Waals surface area contributed by atoms with Crippen molar-refractivity contribution < 1.29 is 4.79 Å². The molecule has 2 heteroatoms. The summed E-state index contributed by atoms with van der Waals surface area (Å²) in [5.74, 6) is 0.134. The highest BCUT2D eigenvalue weighted by Gasteiger charge is 2.23. The van der Waals surface area contributed by atoms with E-state index >= 15 is 0 Å². The fourth-order valence-corrected chi connectivity index (χ4v) is 2.45. The van der Waals surface area contributed by atoms with E-state index in [1.54, 1.807) is 0 Å². The van der Waals surface area contributed by atoms with Gasteiger partial charge in [-0.05, 0) is 25.3 Å². The molecular formula is C17H21NO. The third-order valence-corrected chi connectivity index (χ3v) is 3.65. The molecule has 19 heavy (non-hydrogen) atoms. The predicted octanol–water partition coefficient (Wildman–Crippen LogP) is 3.78. The molecule has 0 saturated carbocycles. The molecule has 1 aromatic rings. The molecule has 0 radical (unpaired) electrons. The molecule has 1 aliphatic rings. The fourth-order valence-electron chi connectivity index (χ4n) is 2.45. The number of carbonyl (C=O) groups is 1. The van der Waals surface area contributed by atoms with Crippen molar-refractivity contribution in [2.45, 2.75) is 32.7 Å². The molecule has 1 aromatic carbocycles. The van der Waals surface area contributed by atoms with Crippen LogP contribution in [0.4, 0.5) is 0 Å². The molecule has 0 aliphatic heterocycles. The van der Waals surface area contributed by atoms with Crippen molar-refractivity contribution in [2.24, 2.45) is 5.92 Å². The van der Waals surface area contributed by atoms with Crippen LogP contribution in [0.25, 0.3) is 0 Å². The van der Waals surface area contributed by atoms with E-state index in [4.69, 9.17) is 0 Å². The fraction of sp³-hybridized carbons (Fsp3) is 0.353. The average molecular weight is 255 g/mol. The highest BCUT2D eigenvalue weighted by Crippen LogP contribution is 2.24. The molecule has 0 spiro atoms. The van der Waals surface area contributed by atoms with Gasteiger partial charge in [0.2, 0.25) is 5.91 Å². The summed E-state index contributed by atoms with van der Waals surface area (Å²) in [7, 11) is 0. The van der Waals surface area contributed by atoms with Gasteiger partial charge in [0.05, 0.1) is 12.0 Å². The summed E-state index contributed by atoms with van der Waals surface area (Å²) in [5, 5.41) is 3.12. The monoisotopic (exact) mass is 255 g/mol. The molecule has 2 rings (SSSR count). The normalized spacial score (nSPS) is 19.7. The van der Waals surface area contributed by atoms with Crippen LogP contribution >= 0.6 is 0 Å². The molecule has 2 nitrogen and oxygen atoms in total. The average Bonchev–Trinajstić information content (AvgIpc) is 2.48. The standard InChI is InChI=1S/C17H21NO/c1-3-14-9-7-8-12-16(14)17(19)18-13(2)15-10-5-4-6-11-15/h4-11,13,16H,3,12H2,1-2H3,(H,18,19). The zero-order valence-electron chi connectivity index (χ0n) is 11.6. The van der Waals surface area contributed by atoms with Gasteiger partial charge in [-0.1, -0.05) is 61.1 Å². The topological polar surface area (TPSA) is 29.1 Å². The zero-order chi connectivity index (χ0) is 13.7. The van der Waals surface area contributed by atoms with Crippen molar-refractivity contribution in [3.05, 3.63) is 59.7 Å². The van der Waals surface area contributed by atoms with Gasteiger partial charge in [-0.2, -0.15) is 0 Å². The summed E-state index contributed by atoms with van der Waals surface area (Å²) < 4.78 is 0. The second-order valence-electron chi connectivity index (χ2n) is 4.95. The third-order valence-electron chi connectivity index (χ3n) is 3.65. The first-order valence-electron chi connectivity index (χ1n) is 6.93. The second-order valence-corrected chi connectivity index (χ2v) is 4.95. The van der Waals surface area contributed by atoms with E-state index in [0.29, 0.717) is 0 Å². The first kappa shape index (κ1) is 13.6. The maximum absolute atomic E-state index is 12.4. The number of carbonyl (C=O) groups excluding carboxylic acids is 1. The largest absolute Gasteiger partial charge is 0.349 e. The number of allylic oxidation sites excluding steroid dienone is 3. The van der Waals surface area contributed by atoms with E-state index in [1.165, 1.54) is 5.57 Å². The third kappa shape index (κ3) is 3.34. The Labute approximate surface area is 115 Å². The Morgan fingerprint density at radius 3 is 2.79 bits per heavy atom. The van der Waals surface area contributed by atoms with Crippen molar-refractivity contribution in [1.29, 1.82) is 0 Å². The van der Waals surface area contributed by atoms with Crippen LogP contribution in [0.3, 0.4) is 0 Å². The SMILES string of the molecule is CCC1=CC=CCC1C(=O)NC(C)c1ccccc1. The Kier molecular flexibility index (Phi) is 4.56. The molecular weight excluding hydrogens is 234 g/mol. The number of nitrogens with one attached hydrogen (secondary N) is 1. The molecule has 0 fully saturated rings. The number of amides is 1. The van der Waals surface area contributed by atoms with Gasteiger partial charge in [-0.15, -0.1) is 0 Å². The molecule has 0 saturated heterocycles. The minimum atomic E-state index is 0.00108. The summed E-state index contributed by atoms with van der Waals surface area (Å²) in [5.41, 5.74) is 2.37. The van der Waals surface area contributed by atoms with Crippen molar-refractivity contribution in [3.63, 3.8) is 0 Å². The van der Waals surface area contributed by atoms with Gasteiger partial charge in [0, 0.05) is 0 Å². The van der Waals surface area contributed by atoms with Crippen molar-refractivity contribution >= 4 is 5.91 Å². The quantitative estimate of drug-likeness (QED) is 0.871. The summed E-state index contributed by atoms with van der Waals surface area (Å²) in [4.78, 5) is 12.4. The van der Waals surface area contributed by atoms with E-state index in [0.717, 1.165) is 18.4 Å². The van der Waals surface area contributed by atoms with Gasteiger partial charge in [0.15, 0.2) is 0 Å². The lowest BCUT2D eigenvalue weighted by Gasteiger charge is -2.23. The number of hydrogen-bond donors (Lipinski definition) is 1. The molecule has 0 aromatic heterocycles. The zero-order valence-corrected chi connectivity index (χ0v) is 11.6. The molecule has 100 valence electrons. The smallest absolute Gasteiger partial charge is 0.227 e. The van der Waals surface area contributed by atoms with Crippen molar-refractivity contribution in [3.8, 4) is 0 Å². The Morgan fingerprint density at radius 2 is 2.11 bits per heavy atom. The van der Waals surface area contributed by atoms with Gasteiger partial charge < -0.3 is 5.32 Å². The lowest BCUT2D eigenvalue weighted by molar-refractivity contribution is -0.124. The van der Waals surface area contributed by atoms with Gasteiger partial charge in [0.25, 0.3) is 0 Å². The van der Waals surface area contributed by atoms with Gasteiger partial charge >= 0.3 is 0 Å². The highest BCUT2D eigenvalue weighted by molar-refractivity contribution is 5.82. The lowest BCUT2D eigenvalue weighted by Crippen LogP contribution is -2.34. The Balaban J connectivity index is 2.01. The molecule has 0 heterocycles. The molecule has 1 aliphatic carbocycles. The van der Waals surface area contributed by atoms with Gasteiger partial charge in [-0.25, -0.2) is 0 Å². The first-order chi connectivity index (χ1) is 9.22. The first-order valence-corrected chi connectivity index (χ1v) is 6.93. The van der Waals surface area contributed by atoms with Gasteiger partial charge in [-0.3, -0.25) is 4.79 Å². The van der Waals surface area contributed by atoms with E-state index < -0.39 is 0 Å². The molecule has 1 N–H and O–H groups in total. The van der Waals surface area contributed by atoms with Crippen LogP contribution in [0.2, 0.25) is 0 Å². The lowest BCUT2D eigenvalue weighted by atomic mass is 9.88. The van der Waals surface area contributed by atoms with Crippen LogP contribution in [0, 0.1) is 5.92 Å². The van der Waals surface area contributed by atoms with E-state index in [2.05, 4.69) is 24.4 Å². The van der Waals surface area contributed by atoms with E-state index in [1.807, 2.05) is 43.3 Å². The molecule has 2 unspecified atom stereocenters. The summed E-state index contributed by atoms with van der Waals surface area (Å²) >= 11 is 0. The molecule has 1 amide bonds. The van der Waals surface area contributed by atoms with Crippen LogP contribution < -0.4 is 5.32 Å². The van der Waals surface area contributed by atoms with Crippen molar-refractivity contribution in [1.82, 2.24) is 5.32 Å². The summed E-state index contributed by atoms with van der Waals surface area (Å²) in [6.07, 6.45) is 7.93. The Bertz CT molecular complexity index is 487. The minimum absolute atomic E-state index is 0.00108. The van der Waals surface area contributed by atoms with E-state index in [9.17, 15) is 4.79 Å². The van der Waals surface area contributed by atoms with Crippen LogP contribution in [0.1, 0.15) is 38.3 Å². The highest BCUT2D eigenvalue weighted by atomic mass is 16.1. The number of benzene rings is 1. The Hall–Kier alpha value is -1.83. The summed E-state index contributed by atoms with van der Waals surface area (Å²) in [6.45, 7) is 4.13. The molecule has 2 atom stereocenters. The maximum atomic E-state index is 12.4. The molecule has 0 bridgehead atoms. The minimum Gasteiger partial charge on any atom is -0.349 e. The maximum Gasteiger partial charge on any atom is 0.227 e. The van der Waals surface area contributed by atoms with Gasteiger partial charge in [0.1, 0.15) is 0 Å². The number of rotatable bonds is 4. The van der Waals surface area contributed by atoms with Crippen LogP contribution in [0.5, 0.6) is 0 Å². The number of hydrogen-bond acceptors (Lipinski definition) is 1. The van der Waals surface area contributed by atoms with Crippen molar-refractivity contribution in [2.75, 3.05) is 0 Å². The predicted molar refractivity (Wildman–Crippen MR) is 78.6 cm³/mol. The Morgan fingerprint density at radius 1 is 1.37 bits per heavy atom.